The quantitative estimate of drug-likeness (QED) is 0.377. The van der Waals surface area contributed by atoms with Crippen LogP contribution in [0.3, 0.4) is 0 Å². The van der Waals surface area contributed by atoms with Crippen LogP contribution in [0.25, 0.3) is 0 Å². The van der Waals surface area contributed by atoms with Gasteiger partial charge in [0.05, 0.1) is 22.8 Å². The standard InChI is InChI=1S/C30H28N2/c1-2-3-13-22-14-7-8-17-24(22)30-26-19-10-12-21-28(26)31-29(23-15-5-4-6-16-23)25-18-9-11-20-27(25)32-30/h4-7,9-12,14-22H,2-3,8,13H2,1H3/t22-/m1/s1. The van der Waals surface area contributed by atoms with Gasteiger partial charge in [0, 0.05) is 22.6 Å². The maximum atomic E-state index is 5.33. The molecular weight excluding hydrogens is 388 g/mol. The van der Waals surface area contributed by atoms with Crippen LogP contribution in [0.4, 0.5) is 11.4 Å². The molecule has 1 atom stereocenters. The zero-order valence-corrected chi connectivity index (χ0v) is 18.5. The molecule has 0 unspecified atom stereocenters. The molecule has 1 aliphatic carbocycles. The van der Waals surface area contributed by atoms with Crippen LogP contribution in [0.15, 0.2) is 113 Å². The summed E-state index contributed by atoms with van der Waals surface area (Å²) < 4.78 is 0. The van der Waals surface area contributed by atoms with Gasteiger partial charge in [-0.3, -0.25) is 0 Å². The van der Waals surface area contributed by atoms with Gasteiger partial charge in [0.25, 0.3) is 0 Å². The Morgan fingerprint density at radius 1 is 0.750 bits per heavy atom. The van der Waals surface area contributed by atoms with Crippen LogP contribution in [0.1, 0.15) is 49.3 Å². The fraction of sp³-hybridized carbons (Fsp3) is 0.200. The predicted octanol–water partition coefficient (Wildman–Crippen LogP) is 7.98. The van der Waals surface area contributed by atoms with E-state index < -0.39 is 0 Å². The normalized spacial score (nSPS) is 17.3. The van der Waals surface area contributed by atoms with Gasteiger partial charge in [-0.15, -0.1) is 0 Å². The topological polar surface area (TPSA) is 24.7 Å². The van der Waals surface area contributed by atoms with Gasteiger partial charge < -0.3 is 0 Å². The van der Waals surface area contributed by atoms with Gasteiger partial charge in [-0.1, -0.05) is 105 Å². The molecule has 0 fully saturated rings. The van der Waals surface area contributed by atoms with E-state index in [-0.39, 0.29) is 0 Å². The van der Waals surface area contributed by atoms with Crippen molar-refractivity contribution < 1.29 is 0 Å². The number of aliphatic imine (C=N–C) groups is 2. The van der Waals surface area contributed by atoms with E-state index in [1.54, 1.807) is 0 Å². The highest BCUT2D eigenvalue weighted by Crippen LogP contribution is 2.36. The third-order valence-electron chi connectivity index (χ3n) is 6.21. The molecule has 0 N–H and O–H groups in total. The van der Waals surface area contributed by atoms with E-state index in [4.69, 9.17) is 9.98 Å². The monoisotopic (exact) mass is 416 g/mol. The SMILES string of the molecule is CCCC[C@@H]1C=CCC=C1C1=Nc2ccccc2C(c2ccccc2)=Nc2ccccc21. The first-order valence-corrected chi connectivity index (χ1v) is 11.6. The van der Waals surface area contributed by atoms with Gasteiger partial charge in [-0.05, 0) is 30.5 Å². The molecule has 3 aromatic carbocycles. The van der Waals surface area contributed by atoms with Crippen molar-refractivity contribution in [3.63, 3.8) is 0 Å². The summed E-state index contributed by atoms with van der Waals surface area (Å²) in [5.41, 5.74) is 8.61. The first-order chi connectivity index (χ1) is 15.8. The number of allylic oxidation sites excluding steroid dienone is 4. The molecule has 0 amide bonds. The second-order valence-electron chi connectivity index (χ2n) is 8.39. The van der Waals surface area contributed by atoms with Crippen LogP contribution in [-0.4, -0.2) is 11.4 Å². The summed E-state index contributed by atoms with van der Waals surface area (Å²) >= 11 is 0. The predicted molar refractivity (Wildman–Crippen MR) is 136 cm³/mol. The molecule has 0 radical (unpaired) electrons. The Balaban J connectivity index is 1.72. The minimum Gasteiger partial charge on any atom is -0.247 e. The molecule has 2 nitrogen and oxygen atoms in total. The second kappa shape index (κ2) is 9.32. The van der Waals surface area contributed by atoms with Crippen molar-refractivity contribution in [3.05, 3.63) is 119 Å². The molecular formula is C30H28N2. The highest BCUT2D eigenvalue weighted by molar-refractivity contribution is 6.22. The van der Waals surface area contributed by atoms with Gasteiger partial charge in [0.15, 0.2) is 0 Å². The second-order valence-corrected chi connectivity index (χ2v) is 8.39. The molecule has 0 bridgehead atoms. The summed E-state index contributed by atoms with van der Waals surface area (Å²) in [6, 6.07) is 27.3. The molecule has 2 heteroatoms. The molecule has 0 aromatic heterocycles. The van der Waals surface area contributed by atoms with E-state index >= 15 is 0 Å². The molecule has 32 heavy (non-hydrogen) atoms. The molecule has 2 aliphatic rings. The average Bonchev–Trinajstić information content (AvgIpc) is 2.85. The molecule has 0 saturated carbocycles. The van der Waals surface area contributed by atoms with E-state index in [0.717, 1.165) is 52.3 Å². The minimum absolute atomic E-state index is 0.402. The lowest BCUT2D eigenvalue weighted by Gasteiger charge is -2.24. The van der Waals surface area contributed by atoms with Gasteiger partial charge in [0.1, 0.15) is 0 Å². The number of rotatable bonds is 5. The minimum atomic E-state index is 0.402. The zero-order chi connectivity index (χ0) is 21.8. The van der Waals surface area contributed by atoms with Crippen LogP contribution in [0, 0.1) is 5.92 Å². The Morgan fingerprint density at radius 3 is 2.09 bits per heavy atom. The molecule has 3 aromatic rings. The number of benzene rings is 3. The zero-order valence-electron chi connectivity index (χ0n) is 18.5. The average molecular weight is 417 g/mol. The number of para-hydroxylation sites is 2. The van der Waals surface area contributed by atoms with E-state index in [1.807, 2.05) is 6.07 Å². The van der Waals surface area contributed by atoms with Gasteiger partial charge in [-0.25, -0.2) is 9.98 Å². The maximum Gasteiger partial charge on any atom is 0.0803 e. The number of hydrogen-bond donors (Lipinski definition) is 0. The molecule has 1 aliphatic heterocycles. The highest BCUT2D eigenvalue weighted by Gasteiger charge is 2.24. The molecule has 5 rings (SSSR count). The van der Waals surface area contributed by atoms with E-state index in [1.165, 1.54) is 18.4 Å². The molecule has 158 valence electrons. The fourth-order valence-electron chi connectivity index (χ4n) is 4.58. The van der Waals surface area contributed by atoms with E-state index in [0.29, 0.717) is 5.92 Å². The Labute approximate surface area is 190 Å². The van der Waals surface area contributed by atoms with Crippen LogP contribution in [0.5, 0.6) is 0 Å². The maximum absolute atomic E-state index is 5.33. The Morgan fingerprint density at radius 2 is 1.38 bits per heavy atom. The molecule has 0 saturated heterocycles. The first kappa shape index (κ1) is 20.4. The van der Waals surface area contributed by atoms with E-state index in [9.17, 15) is 0 Å². The van der Waals surface area contributed by atoms with Crippen molar-refractivity contribution in [1.29, 1.82) is 0 Å². The van der Waals surface area contributed by atoms with Crippen LogP contribution in [0.2, 0.25) is 0 Å². The number of hydrogen-bond acceptors (Lipinski definition) is 2. The van der Waals surface area contributed by atoms with Crippen LogP contribution >= 0.6 is 0 Å². The highest BCUT2D eigenvalue weighted by atomic mass is 14.8. The Kier molecular flexibility index (Phi) is 5.93. The molecule has 0 spiro atoms. The third-order valence-corrected chi connectivity index (χ3v) is 6.21. The van der Waals surface area contributed by atoms with Gasteiger partial charge in [0.2, 0.25) is 0 Å². The van der Waals surface area contributed by atoms with Crippen molar-refractivity contribution in [3.8, 4) is 0 Å². The fourth-order valence-corrected chi connectivity index (χ4v) is 4.58. The lowest BCUT2D eigenvalue weighted by molar-refractivity contribution is 0.624. The van der Waals surface area contributed by atoms with Crippen molar-refractivity contribution in [2.45, 2.75) is 32.6 Å². The van der Waals surface area contributed by atoms with Crippen molar-refractivity contribution >= 4 is 22.8 Å². The lowest BCUT2D eigenvalue weighted by Crippen LogP contribution is -2.17. The summed E-state index contributed by atoms with van der Waals surface area (Å²) in [6.07, 6.45) is 11.6. The number of unbranched alkanes of at least 4 members (excludes halogenated alkanes) is 1. The van der Waals surface area contributed by atoms with Crippen molar-refractivity contribution in [2.75, 3.05) is 0 Å². The number of fused-ring (bicyclic) bond motifs is 2. The summed E-state index contributed by atoms with van der Waals surface area (Å²) in [4.78, 5) is 10.6. The Hall–Kier alpha value is -3.52. The smallest absolute Gasteiger partial charge is 0.0803 e. The third kappa shape index (κ3) is 4.01. The summed E-state index contributed by atoms with van der Waals surface area (Å²) in [7, 11) is 0. The largest absolute Gasteiger partial charge is 0.247 e. The van der Waals surface area contributed by atoms with Gasteiger partial charge >= 0.3 is 0 Å². The van der Waals surface area contributed by atoms with Crippen molar-refractivity contribution in [2.24, 2.45) is 15.9 Å². The van der Waals surface area contributed by atoms with Crippen LogP contribution in [-0.2, 0) is 0 Å². The summed E-state index contributed by atoms with van der Waals surface area (Å²) in [5.74, 6) is 0.402. The van der Waals surface area contributed by atoms with Crippen molar-refractivity contribution in [1.82, 2.24) is 0 Å². The number of nitrogens with zero attached hydrogens (tertiary/aromatic N) is 2. The summed E-state index contributed by atoms with van der Waals surface area (Å²) in [6.45, 7) is 2.26. The summed E-state index contributed by atoms with van der Waals surface area (Å²) in [5, 5.41) is 0. The van der Waals surface area contributed by atoms with Gasteiger partial charge in [-0.2, -0.15) is 0 Å². The van der Waals surface area contributed by atoms with Crippen LogP contribution < -0.4 is 0 Å². The lowest BCUT2D eigenvalue weighted by atomic mass is 9.83. The van der Waals surface area contributed by atoms with E-state index in [2.05, 4.69) is 97.9 Å². The first-order valence-electron chi connectivity index (χ1n) is 11.6. The molecule has 1 heterocycles. The Bertz CT molecular complexity index is 1230.